The van der Waals surface area contributed by atoms with Crippen LogP contribution in [0.2, 0.25) is 0 Å². The van der Waals surface area contributed by atoms with Crippen LogP contribution >= 0.6 is 0 Å². The second-order valence-corrected chi connectivity index (χ2v) is 9.18. The molecule has 5 heteroatoms. The first kappa shape index (κ1) is 23.6. The van der Waals surface area contributed by atoms with Gasteiger partial charge in [-0.05, 0) is 42.0 Å². The zero-order valence-electron chi connectivity index (χ0n) is 19.6. The van der Waals surface area contributed by atoms with Crippen molar-refractivity contribution < 1.29 is 19.4 Å². The van der Waals surface area contributed by atoms with Crippen LogP contribution in [0.15, 0.2) is 54.1 Å². The summed E-state index contributed by atoms with van der Waals surface area (Å²) in [7, 11) is 0. The minimum Gasteiger partial charge on any atom is -0.507 e. The van der Waals surface area contributed by atoms with Crippen molar-refractivity contribution in [3.05, 3.63) is 70.8 Å². The topological polar surface area (TPSA) is 66.8 Å². The van der Waals surface area contributed by atoms with E-state index in [1.807, 2.05) is 38.1 Å². The first-order valence-electron chi connectivity index (χ1n) is 11.3. The standard InChI is InChI=1S/C27H33NO4/c1-6-8-16-28-23(18-12-14-20(15-13-18)27(3,4)5)22(25(30)26(28)31)24(29)19-10-9-11-21(17-19)32-7-2/h9-15,17,23,29H,6-8,16H2,1-5H3/b24-22-. The van der Waals surface area contributed by atoms with E-state index in [4.69, 9.17) is 4.74 Å². The largest absolute Gasteiger partial charge is 0.507 e. The zero-order chi connectivity index (χ0) is 23.5. The summed E-state index contributed by atoms with van der Waals surface area (Å²) in [6.45, 7) is 11.3. The van der Waals surface area contributed by atoms with Gasteiger partial charge in [0.1, 0.15) is 11.5 Å². The molecule has 2 aromatic carbocycles. The molecule has 170 valence electrons. The predicted octanol–water partition coefficient (Wildman–Crippen LogP) is 5.60. The van der Waals surface area contributed by atoms with Crippen LogP contribution in [-0.4, -0.2) is 34.8 Å². The normalized spacial score (nSPS) is 18.3. The van der Waals surface area contributed by atoms with E-state index in [9.17, 15) is 14.7 Å². The molecule has 0 radical (unpaired) electrons. The van der Waals surface area contributed by atoms with Crippen LogP contribution in [0.1, 0.15) is 70.2 Å². The van der Waals surface area contributed by atoms with Gasteiger partial charge in [-0.1, -0.05) is 70.5 Å². The third-order valence-electron chi connectivity index (χ3n) is 5.80. The highest BCUT2D eigenvalue weighted by molar-refractivity contribution is 6.46. The van der Waals surface area contributed by atoms with Crippen molar-refractivity contribution in [3.8, 4) is 5.75 Å². The highest BCUT2D eigenvalue weighted by atomic mass is 16.5. The first-order chi connectivity index (χ1) is 15.2. The number of amides is 1. The quantitative estimate of drug-likeness (QED) is 0.349. The summed E-state index contributed by atoms with van der Waals surface area (Å²) in [6.07, 6.45) is 1.68. The van der Waals surface area contributed by atoms with Gasteiger partial charge in [0.15, 0.2) is 0 Å². The number of likely N-dealkylation sites (tertiary alicyclic amines) is 1. The van der Waals surface area contributed by atoms with Crippen LogP contribution in [0.5, 0.6) is 5.75 Å². The number of carbonyl (C=O) groups excluding carboxylic acids is 2. The number of rotatable bonds is 7. The maximum atomic E-state index is 13.1. The lowest BCUT2D eigenvalue weighted by Gasteiger charge is -2.26. The molecule has 0 spiro atoms. The zero-order valence-corrected chi connectivity index (χ0v) is 19.6. The molecule has 0 aromatic heterocycles. The second kappa shape index (κ2) is 9.60. The van der Waals surface area contributed by atoms with E-state index in [1.165, 1.54) is 0 Å². The number of unbranched alkanes of at least 4 members (excludes halogenated alkanes) is 1. The van der Waals surface area contributed by atoms with E-state index in [0.717, 1.165) is 24.0 Å². The molecule has 1 N–H and O–H groups in total. The van der Waals surface area contributed by atoms with Crippen LogP contribution in [-0.2, 0) is 15.0 Å². The van der Waals surface area contributed by atoms with Crippen LogP contribution in [0.4, 0.5) is 0 Å². The average Bonchev–Trinajstić information content (AvgIpc) is 3.02. The third kappa shape index (κ3) is 4.72. The predicted molar refractivity (Wildman–Crippen MR) is 127 cm³/mol. The molecular weight excluding hydrogens is 402 g/mol. The molecule has 1 heterocycles. The van der Waals surface area contributed by atoms with E-state index in [2.05, 4.69) is 20.8 Å². The molecule has 1 atom stereocenters. The lowest BCUT2D eigenvalue weighted by atomic mass is 9.85. The van der Waals surface area contributed by atoms with Crippen molar-refractivity contribution in [2.75, 3.05) is 13.2 Å². The lowest BCUT2D eigenvalue weighted by Crippen LogP contribution is -2.30. The van der Waals surface area contributed by atoms with Crippen molar-refractivity contribution in [2.45, 2.75) is 58.9 Å². The summed E-state index contributed by atoms with van der Waals surface area (Å²) < 4.78 is 5.54. The van der Waals surface area contributed by atoms with E-state index >= 15 is 0 Å². The Bertz CT molecular complexity index is 1010. The molecule has 1 saturated heterocycles. The Balaban J connectivity index is 2.13. The van der Waals surface area contributed by atoms with Gasteiger partial charge >= 0.3 is 0 Å². The molecule has 1 aliphatic rings. The van der Waals surface area contributed by atoms with Gasteiger partial charge in [-0.3, -0.25) is 9.59 Å². The molecule has 3 rings (SSSR count). The summed E-state index contributed by atoms with van der Waals surface area (Å²) >= 11 is 0. The van der Waals surface area contributed by atoms with E-state index in [-0.39, 0.29) is 16.7 Å². The fourth-order valence-corrected chi connectivity index (χ4v) is 4.01. The highest BCUT2D eigenvalue weighted by Crippen LogP contribution is 2.40. The van der Waals surface area contributed by atoms with Crippen LogP contribution in [0, 0.1) is 0 Å². The first-order valence-corrected chi connectivity index (χ1v) is 11.3. The van der Waals surface area contributed by atoms with Crippen LogP contribution in [0.3, 0.4) is 0 Å². The molecule has 0 aliphatic carbocycles. The smallest absolute Gasteiger partial charge is 0.295 e. The summed E-state index contributed by atoms with van der Waals surface area (Å²) in [5.41, 5.74) is 2.55. The maximum absolute atomic E-state index is 13.1. The number of aliphatic hydroxyl groups excluding tert-OH is 1. The fourth-order valence-electron chi connectivity index (χ4n) is 4.01. The molecule has 5 nitrogen and oxygen atoms in total. The minimum absolute atomic E-state index is 0.0116. The number of carbonyl (C=O) groups is 2. The van der Waals surface area contributed by atoms with Gasteiger partial charge in [-0.15, -0.1) is 0 Å². The molecule has 1 aliphatic heterocycles. The molecule has 1 unspecified atom stereocenters. The lowest BCUT2D eigenvalue weighted by molar-refractivity contribution is -0.139. The van der Waals surface area contributed by atoms with Crippen molar-refractivity contribution in [2.24, 2.45) is 0 Å². The van der Waals surface area contributed by atoms with Crippen molar-refractivity contribution in [3.63, 3.8) is 0 Å². The molecule has 0 saturated carbocycles. The van der Waals surface area contributed by atoms with Crippen molar-refractivity contribution in [1.29, 1.82) is 0 Å². The summed E-state index contributed by atoms with van der Waals surface area (Å²) in [4.78, 5) is 27.6. The number of hydrogen-bond donors (Lipinski definition) is 1. The number of ether oxygens (including phenoxy) is 1. The Kier molecular flexibility index (Phi) is 7.07. The third-order valence-corrected chi connectivity index (χ3v) is 5.80. The Morgan fingerprint density at radius 3 is 2.34 bits per heavy atom. The molecule has 1 amide bonds. The van der Waals surface area contributed by atoms with E-state index in [1.54, 1.807) is 29.2 Å². The number of aliphatic hydroxyl groups is 1. The minimum atomic E-state index is -0.648. The fraction of sp³-hybridized carbons (Fsp3) is 0.407. The van der Waals surface area contributed by atoms with Gasteiger partial charge in [0.25, 0.3) is 11.7 Å². The maximum Gasteiger partial charge on any atom is 0.295 e. The van der Waals surface area contributed by atoms with Crippen LogP contribution < -0.4 is 4.74 Å². The van der Waals surface area contributed by atoms with Crippen molar-refractivity contribution >= 4 is 17.4 Å². The molecular formula is C27H33NO4. The molecule has 1 fully saturated rings. The van der Waals surface area contributed by atoms with Gasteiger partial charge in [0.05, 0.1) is 18.2 Å². The van der Waals surface area contributed by atoms with Gasteiger partial charge in [-0.25, -0.2) is 0 Å². The Morgan fingerprint density at radius 2 is 1.75 bits per heavy atom. The van der Waals surface area contributed by atoms with Gasteiger partial charge in [0, 0.05) is 12.1 Å². The van der Waals surface area contributed by atoms with Gasteiger partial charge < -0.3 is 14.7 Å². The Morgan fingerprint density at radius 1 is 1.06 bits per heavy atom. The monoisotopic (exact) mass is 435 g/mol. The summed E-state index contributed by atoms with van der Waals surface area (Å²) in [5, 5.41) is 11.2. The van der Waals surface area contributed by atoms with Gasteiger partial charge in [-0.2, -0.15) is 0 Å². The number of benzene rings is 2. The van der Waals surface area contributed by atoms with E-state index in [0.29, 0.717) is 24.5 Å². The Hall–Kier alpha value is -3.08. The SMILES string of the molecule is CCCCN1C(=O)C(=O)/C(=C(\O)c2cccc(OCC)c2)C1c1ccc(C(C)(C)C)cc1. The van der Waals surface area contributed by atoms with Crippen molar-refractivity contribution in [1.82, 2.24) is 4.90 Å². The summed E-state index contributed by atoms with van der Waals surface area (Å²) in [5.74, 6) is -0.784. The highest BCUT2D eigenvalue weighted by Gasteiger charge is 2.45. The molecule has 0 bridgehead atoms. The van der Waals surface area contributed by atoms with Crippen LogP contribution in [0.25, 0.3) is 5.76 Å². The summed E-state index contributed by atoms with van der Waals surface area (Å²) in [6, 6.07) is 14.3. The van der Waals surface area contributed by atoms with E-state index < -0.39 is 17.7 Å². The van der Waals surface area contributed by atoms with Gasteiger partial charge in [0.2, 0.25) is 0 Å². The second-order valence-electron chi connectivity index (χ2n) is 9.18. The average molecular weight is 436 g/mol. The molecule has 2 aromatic rings. The number of ketones is 1. The number of hydrogen-bond acceptors (Lipinski definition) is 4. The number of Topliss-reactive ketones (excluding diaryl/α,β-unsaturated/α-hetero) is 1. The molecule has 32 heavy (non-hydrogen) atoms. The Labute approximate surface area is 190 Å². The number of nitrogens with zero attached hydrogens (tertiary/aromatic N) is 1.